The van der Waals surface area contributed by atoms with Crippen molar-refractivity contribution in [2.45, 2.75) is 12.5 Å². The fourth-order valence-corrected chi connectivity index (χ4v) is 2.73. The number of nitrogens with one attached hydrogen (secondary N) is 1. The molecule has 1 fully saturated rings. The molecule has 1 N–H and O–H groups in total. The van der Waals surface area contributed by atoms with E-state index >= 15 is 0 Å². The Labute approximate surface area is 78.2 Å². The second-order valence-electron chi connectivity index (χ2n) is 3.07. The lowest BCUT2D eigenvalue weighted by Gasteiger charge is -2.09. The van der Waals surface area contributed by atoms with Crippen LogP contribution in [0.3, 0.4) is 0 Å². The van der Waals surface area contributed by atoms with Crippen molar-refractivity contribution in [2.24, 2.45) is 7.05 Å². The molecule has 72 valence electrons. The van der Waals surface area contributed by atoms with Crippen molar-refractivity contribution in [1.82, 2.24) is 20.2 Å². The molecule has 0 aliphatic carbocycles. The highest BCUT2D eigenvalue weighted by atomic mass is 32.2. The van der Waals surface area contributed by atoms with Gasteiger partial charge in [-0.3, -0.25) is 4.21 Å². The van der Waals surface area contributed by atoms with Crippen molar-refractivity contribution in [3.8, 4) is 0 Å². The summed E-state index contributed by atoms with van der Waals surface area (Å²) in [6.07, 6.45) is 0.930. The number of rotatable bonds is 2. The number of hydrogen-bond acceptors (Lipinski definition) is 5. The van der Waals surface area contributed by atoms with Gasteiger partial charge in [-0.1, -0.05) is 5.10 Å². The van der Waals surface area contributed by atoms with E-state index in [1.807, 2.05) is 0 Å². The van der Waals surface area contributed by atoms with Crippen LogP contribution in [-0.2, 0) is 17.8 Å². The summed E-state index contributed by atoms with van der Waals surface area (Å²) in [6.45, 7) is 0. The average molecular weight is 201 g/mol. The zero-order valence-corrected chi connectivity index (χ0v) is 8.12. The monoisotopic (exact) mass is 201 g/mol. The molecule has 1 aliphatic heterocycles. The Hall–Kier alpha value is -0.980. The number of nitrogens with zero attached hydrogens (tertiary/aromatic N) is 4. The summed E-state index contributed by atoms with van der Waals surface area (Å²) < 4.78 is 12.7. The molecule has 1 aromatic heterocycles. The molecule has 2 heterocycles. The van der Waals surface area contributed by atoms with Gasteiger partial charge in [-0.05, 0) is 16.8 Å². The molecule has 0 spiro atoms. The van der Waals surface area contributed by atoms with E-state index in [0.29, 0.717) is 11.7 Å². The molecule has 0 amide bonds. The lowest BCUT2D eigenvalue weighted by Crippen LogP contribution is -2.21. The third kappa shape index (κ3) is 1.85. The van der Waals surface area contributed by atoms with Gasteiger partial charge in [-0.2, -0.15) is 0 Å². The van der Waals surface area contributed by atoms with Gasteiger partial charge in [-0.25, -0.2) is 4.68 Å². The molecule has 2 rings (SSSR count). The summed E-state index contributed by atoms with van der Waals surface area (Å²) in [4.78, 5) is 0. The fourth-order valence-electron chi connectivity index (χ4n) is 1.31. The maximum atomic E-state index is 11.1. The predicted molar refractivity (Wildman–Crippen MR) is 48.7 cm³/mol. The van der Waals surface area contributed by atoms with Crippen LogP contribution in [0, 0.1) is 0 Å². The minimum absolute atomic E-state index is 0.255. The Morgan fingerprint density at radius 3 is 3.08 bits per heavy atom. The molecule has 6 nitrogen and oxygen atoms in total. The van der Waals surface area contributed by atoms with Crippen LogP contribution in [-0.4, -0.2) is 42.0 Å². The number of aromatic nitrogens is 4. The first-order valence-corrected chi connectivity index (χ1v) is 5.58. The quantitative estimate of drug-likeness (QED) is 0.674. The third-order valence-corrected chi connectivity index (χ3v) is 3.50. The van der Waals surface area contributed by atoms with Gasteiger partial charge in [0.05, 0.1) is 0 Å². The third-order valence-electron chi connectivity index (χ3n) is 2.03. The summed E-state index contributed by atoms with van der Waals surface area (Å²) in [5.74, 6) is 2.12. The maximum absolute atomic E-state index is 11.1. The van der Waals surface area contributed by atoms with Gasteiger partial charge in [0.15, 0.2) is 0 Å². The zero-order valence-electron chi connectivity index (χ0n) is 7.30. The minimum atomic E-state index is -0.661. The molecule has 1 aliphatic rings. The highest BCUT2D eigenvalue weighted by Crippen LogP contribution is 2.11. The molecule has 1 aromatic rings. The van der Waals surface area contributed by atoms with Crippen molar-refractivity contribution in [3.63, 3.8) is 0 Å². The van der Waals surface area contributed by atoms with Crippen LogP contribution in [0.15, 0.2) is 0 Å². The Kier molecular flexibility index (Phi) is 2.26. The summed E-state index contributed by atoms with van der Waals surface area (Å²) in [5, 5.41) is 14.2. The molecule has 7 heteroatoms. The molecule has 2 unspecified atom stereocenters. The molecule has 13 heavy (non-hydrogen) atoms. The van der Waals surface area contributed by atoms with Gasteiger partial charge in [0, 0.05) is 35.4 Å². The molecular weight excluding hydrogens is 190 g/mol. The average Bonchev–Trinajstić information content (AvgIpc) is 2.64. The van der Waals surface area contributed by atoms with E-state index in [4.69, 9.17) is 0 Å². The van der Waals surface area contributed by atoms with Crippen LogP contribution >= 0.6 is 0 Å². The van der Waals surface area contributed by atoms with Crippen molar-refractivity contribution in [2.75, 3.05) is 16.8 Å². The standard InChI is InChI=1S/C6H11N5OS/c1-11-6(8-9-10-11)7-5-2-3-13(12)4-5/h5H,2-4H2,1H3,(H,7,8,10). The Balaban J connectivity index is 1.99. The number of tetrazole rings is 1. The van der Waals surface area contributed by atoms with E-state index in [9.17, 15) is 4.21 Å². The largest absolute Gasteiger partial charge is 0.349 e. The molecule has 0 aromatic carbocycles. The van der Waals surface area contributed by atoms with Gasteiger partial charge in [0.2, 0.25) is 5.95 Å². The predicted octanol–water partition coefficient (Wildman–Crippen LogP) is -0.857. The van der Waals surface area contributed by atoms with Crippen molar-refractivity contribution in [3.05, 3.63) is 0 Å². The van der Waals surface area contributed by atoms with Gasteiger partial charge < -0.3 is 5.32 Å². The zero-order chi connectivity index (χ0) is 9.26. The Morgan fingerprint density at radius 2 is 2.54 bits per heavy atom. The smallest absolute Gasteiger partial charge is 0.242 e. The Morgan fingerprint density at radius 1 is 1.69 bits per heavy atom. The van der Waals surface area contributed by atoms with Crippen LogP contribution in [0.25, 0.3) is 0 Å². The van der Waals surface area contributed by atoms with Crippen molar-refractivity contribution < 1.29 is 4.21 Å². The first-order valence-electron chi connectivity index (χ1n) is 4.09. The van der Waals surface area contributed by atoms with Crippen LogP contribution in [0.5, 0.6) is 0 Å². The van der Waals surface area contributed by atoms with Gasteiger partial charge in [0.25, 0.3) is 0 Å². The molecule has 0 radical (unpaired) electrons. The summed E-state index contributed by atoms with van der Waals surface area (Å²) >= 11 is 0. The van der Waals surface area contributed by atoms with E-state index in [1.54, 1.807) is 11.7 Å². The van der Waals surface area contributed by atoms with E-state index in [1.165, 1.54) is 0 Å². The number of anilines is 1. The van der Waals surface area contributed by atoms with E-state index in [-0.39, 0.29) is 6.04 Å². The van der Waals surface area contributed by atoms with Crippen LogP contribution < -0.4 is 5.32 Å². The van der Waals surface area contributed by atoms with Crippen molar-refractivity contribution in [1.29, 1.82) is 0 Å². The van der Waals surface area contributed by atoms with Crippen molar-refractivity contribution >= 4 is 16.7 Å². The van der Waals surface area contributed by atoms with E-state index in [2.05, 4.69) is 20.8 Å². The van der Waals surface area contributed by atoms with Crippen LogP contribution in [0.1, 0.15) is 6.42 Å². The lowest BCUT2D eigenvalue weighted by molar-refractivity contribution is 0.686. The lowest BCUT2D eigenvalue weighted by atomic mass is 10.3. The summed E-state index contributed by atoms with van der Waals surface area (Å²) in [6, 6.07) is 0.255. The van der Waals surface area contributed by atoms with E-state index < -0.39 is 10.8 Å². The fraction of sp³-hybridized carbons (Fsp3) is 0.833. The molecular formula is C6H11N5OS. The second-order valence-corrected chi connectivity index (χ2v) is 4.69. The Bertz CT molecular complexity index is 325. The van der Waals surface area contributed by atoms with Gasteiger partial charge in [0.1, 0.15) is 0 Å². The van der Waals surface area contributed by atoms with Gasteiger partial charge in [-0.15, -0.1) is 0 Å². The SMILES string of the molecule is Cn1nnnc1NC1CCS(=O)C1. The van der Waals surface area contributed by atoms with Crippen LogP contribution in [0.4, 0.5) is 5.95 Å². The molecule has 0 bridgehead atoms. The highest BCUT2D eigenvalue weighted by molar-refractivity contribution is 7.85. The normalized spacial score (nSPS) is 27.8. The van der Waals surface area contributed by atoms with E-state index in [0.717, 1.165) is 12.2 Å². The van der Waals surface area contributed by atoms with Crippen LogP contribution in [0.2, 0.25) is 0 Å². The summed E-state index contributed by atoms with van der Waals surface area (Å²) in [5.41, 5.74) is 0. The summed E-state index contributed by atoms with van der Waals surface area (Å²) in [7, 11) is 1.11. The first kappa shape index (κ1) is 8.61. The minimum Gasteiger partial charge on any atom is -0.349 e. The number of aryl methyl sites for hydroxylation is 1. The molecule has 0 saturated carbocycles. The first-order chi connectivity index (χ1) is 6.25. The maximum Gasteiger partial charge on any atom is 0.242 e. The highest BCUT2D eigenvalue weighted by Gasteiger charge is 2.21. The van der Waals surface area contributed by atoms with Gasteiger partial charge >= 0.3 is 0 Å². The molecule has 1 saturated heterocycles. The molecule has 2 atom stereocenters. The number of hydrogen-bond donors (Lipinski definition) is 1. The second kappa shape index (κ2) is 3.41. The topological polar surface area (TPSA) is 72.7 Å².